The molecule has 3 nitrogen and oxygen atoms in total. The number of aliphatic carboxylic acids is 1. The van der Waals surface area contributed by atoms with Crippen LogP contribution >= 0.6 is 0 Å². The molecule has 0 unspecified atom stereocenters. The van der Waals surface area contributed by atoms with Crippen molar-refractivity contribution in [1.82, 2.24) is 0 Å². The molecule has 0 radical (unpaired) electrons. The molecule has 0 saturated carbocycles. The Morgan fingerprint density at radius 2 is 1.57 bits per heavy atom. The summed E-state index contributed by atoms with van der Waals surface area (Å²) in [5, 5.41) is 7.64. The first-order valence-corrected chi connectivity index (χ1v) is 1.38. The van der Waals surface area contributed by atoms with Gasteiger partial charge in [0.05, 0.1) is 0 Å². The van der Waals surface area contributed by atoms with Gasteiger partial charge in [-0.2, -0.15) is 0 Å². The Bertz CT molecular complexity index is 76.2. The number of hydrogen-bond acceptors (Lipinski definition) is 2. The number of carboxylic acids is 1. The van der Waals surface area contributed by atoms with Crippen molar-refractivity contribution in [3.8, 4) is 0 Å². The van der Waals surface area contributed by atoms with E-state index in [-0.39, 0.29) is 10.1 Å². The summed E-state index contributed by atoms with van der Waals surface area (Å²) < 4.78 is 0. The summed E-state index contributed by atoms with van der Waals surface area (Å²) in [6.45, 7) is 1.00. The molecule has 0 aromatic heterocycles. The van der Waals surface area contributed by atoms with Gasteiger partial charge in [-0.3, -0.25) is 4.79 Å². The SMILES string of the molecule is CC(=O)C(=O)O.[BeH2]. The van der Waals surface area contributed by atoms with Crippen molar-refractivity contribution < 1.29 is 14.7 Å². The van der Waals surface area contributed by atoms with Crippen LogP contribution in [0.3, 0.4) is 0 Å². The van der Waals surface area contributed by atoms with Gasteiger partial charge in [-0.1, -0.05) is 0 Å². The van der Waals surface area contributed by atoms with E-state index >= 15 is 0 Å². The summed E-state index contributed by atoms with van der Waals surface area (Å²) in [6.07, 6.45) is 0. The van der Waals surface area contributed by atoms with E-state index in [2.05, 4.69) is 0 Å². The van der Waals surface area contributed by atoms with E-state index in [0.29, 0.717) is 0 Å². The van der Waals surface area contributed by atoms with Crippen LogP contribution in [0.2, 0.25) is 0 Å². The second-order valence-electron chi connectivity index (χ2n) is 0.861. The topological polar surface area (TPSA) is 54.4 Å². The van der Waals surface area contributed by atoms with Crippen molar-refractivity contribution in [2.75, 3.05) is 0 Å². The summed E-state index contributed by atoms with van der Waals surface area (Å²) in [4.78, 5) is 18.9. The van der Waals surface area contributed by atoms with E-state index < -0.39 is 11.8 Å². The fraction of sp³-hybridized carbons (Fsp3) is 0.333. The first kappa shape index (κ1) is 9.58. The second-order valence-corrected chi connectivity index (χ2v) is 0.861. The third-order valence-corrected chi connectivity index (χ3v) is 0.301. The average Bonchev–Trinajstić information content (AvgIpc) is 1.36. The molecule has 0 saturated heterocycles. The number of carboxylic acid groups (broad SMARTS) is 1. The van der Waals surface area contributed by atoms with Crippen molar-refractivity contribution >= 4 is 21.9 Å². The van der Waals surface area contributed by atoms with E-state index in [1.54, 1.807) is 0 Å². The first-order valence-electron chi connectivity index (χ1n) is 1.38. The quantitative estimate of drug-likeness (QED) is 0.330. The number of ketones is 1. The first-order chi connectivity index (χ1) is 2.64. The molecule has 0 fully saturated rings. The maximum absolute atomic E-state index is 9.54. The van der Waals surface area contributed by atoms with Crippen LogP contribution in [0, 0.1) is 0 Å². The molecule has 7 heavy (non-hydrogen) atoms. The van der Waals surface area contributed by atoms with E-state index in [1.807, 2.05) is 0 Å². The molecule has 0 aliphatic carbocycles. The molecule has 1 N–H and O–H groups in total. The normalized spacial score (nSPS) is 6.43. The van der Waals surface area contributed by atoms with Crippen LogP contribution in [0.1, 0.15) is 6.92 Å². The third kappa shape index (κ3) is 5.31. The monoisotopic (exact) mass is 99.0 g/mol. The zero-order valence-electron chi connectivity index (χ0n) is 3.26. The molecule has 0 amide bonds. The third-order valence-electron chi connectivity index (χ3n) is 0.301. The van der Waals surface area contributed by atoms with Crippen LogP contribution in [-0.4, -0.2) is 27.0 Å². The van der Waals surface area contributed by atoms with E-state index in [4.69, 9.17) is 5.11 Å². The van der Waals surface area contributed by atoms with Gasteiger partial charge >= 0.3 is 16.1 Å². The van der Waals surface area contributed by atoms with Crippen molar-refractivity contribution in [3.05, 3.63) is 0 Å². The summed E-state index contributed by atoms with van der Waals surface area (Å²) in [5.74, 6) is -2.20. The minimum absolute atomic E-state index is 0. The molecule has 0 aromatic carbocycles. The van der Waals surface area contributed by atoms with Gasteiger partial charge in [0.25, 0.3) is 0 Å². The van der Waals surface area contributed by atoms with Crippen molar-refractivity contribution in [3.63, 3.8) is 0 Å². The molecule has 0 aromatic rings. The predicted molar refractivity (Wildman–Crippen MR) is 26.9 cm³/mol. The Morgan fingerprint density at radius 1 is 1.43 bits per heavy atom. The van der Waals surface area contributed by atoms with Crippen LogP contribution in [0.25, 0.3) is 0 Å². The van der Waals surface area contributed by atoms with E-state index in [9.17, 15) is 9.59 Å². The summed E-state index contributed by atoms with van der Waals surface area (Å²) in [6, 6.07) is 0. The molecule has 0 rings (SSSR count). The number of Topliss-reactive ketones (excluding diaryl/α,β-unsaturated/α-hetero) is 1. The van der Waals surface area contributed by atoms with Gasteiger partial charge in [-0.25, -0.2) is 4.79 Å². The second kappa shape index (κ2) is 3.50. The van der Waals surface area contributed by atoms with Crippen molar-refractivity contribution in [2.24, 2.45) is 0 Å². The molecular weight excluding hydrogens is 93.0 g/mol. The van der Waals surface area contributed by atoms with Crippen molar-refractivity contribution in [1.29, 1.82) is 0 Å². The van der Waals surface area contributed by atoms with Crippen LogP contribution < -0.4 is 0 Å². The maximum atomic E-state index is 9.54. The van der Waals surface area contributed by atoms with Crippen LogP contribution in [-0.2, 0) is 9.59 Å². The van der Waals surface area contributed by atoms with Gasteiger partial charge in [0.1, 0.15) is 0 Å². The molecule has 0 atom stereocenters. The molecule has 0 bridgehead atoms. The van der Waals surface area contributed by atoms with Crippen LogP contribution in [0.4, 0.5) is 0 Å². The van der Waals surface area contributed by atoms with Gasteiger partial charge in [-0.05, 0) is 0 Å². The number of carbonyl (C=O) groups is 2. The Labute approximate surface area is 44.6 Å². The number of carbonyl (C=O) groups excluding carboxylic acids is 1. The van der Waals surface area contributed by atoms with Crippen LogP contribution in [0.15, 0.2) is 0 Å². The number of rotatable bonds is 1. The summed E-state index contributed by atoms with van der Waals surface area (Å²) in [5.41, 5.74) is 0. The number of hydrogen-bond donors (Lipinski definition) is 1. The molecule has 0 heterocycles. The molecule has 38 valence electrons. The molecule has 0 spiro atoms. The Morgan fingerprint density at radius 3 is 1.57 bits per heavy atom. The van der Waals surface area contributed by atoms with E-state index in [1.165, 1.54) is 0 Å². The predicted octanol–water partition coefficient (Wildman–Crippen LogP) is -1.26. The fourth-order valence-electron chi connectivity index (χ4n) is 0. The fourth-order valence-corrected chi connectivity index (χ4v) is 0. The Balaban J connectivity index is 0. The standard InChI is InChI=1S/C3H4O3.Be.2H/c1-2(4)3(5)6;;;/h1H3,(H,5,6);;;. The molecule has 0 aliphatic heterocycles. The zero-order valence-corrected chi connectivity index (χ0v) is 3.26. The van der Waals surface area contributed by atoms with Crippen molar-refractivity contribution in [2.45, 2.75) is 6.92 Å². The minimum atomic E-state index is -1.38. The average molecular weight is 99.1 g/mol. The Kier molecular flexibility index (Phi) is 4.78. The summed E-state index contributed by atoms with van der Waals surface area (Å²) >= 11 is 0. The van der Waals surface area contributed by atoms with Gasteiger partial charge in [0, 0.05) is 6.92 Å². The van der Waals surface area contributed by atoms with Crippen LogP contribution in [0.5, 0.6) is 0 Å². The van der Waals surface area contributed by atoms with Gasteiger partial charge in [0.2, 0.25) is 5.78 Å². The molecule has 0 aliphatic rings. The Hall–Kier alpha value is -0.691. The molecular formula is C3H6BeO3. The molecule has 4 heteroatoms. The zero-order chi connectivity index (χ0) is 5.15. The van der Waals surface area contributed by atoms with E-state index in [0.717, 1.165) is 6.92 Å². The summed E-state index contributed by atoms with van der Waals surface area (Å²) in [7, 11) is 0. The van der Waals surface area contributed by atoms with Gasteiger partial charge in [-0.15, -0.1) is 0 Å². The van der Waals surface area contributed by atoms with Gasteiger partial charge < -0.3 is 5.11 Å². The van der Waals surface area contributed by atoms with Gasteiger partial charge in [0.15, 0.2) is 0 Å².